The highest BCUT2D eigenvalue weighted by Gasteiger charge is 2.25. The van der Waals surface area contributed by atoms with Gasteiger partial charge in [0.15, 0.2) is 16.6 Å². The molecule has 2 aromatic carbocycles. The fourth-order valence-electron chi connectivity index (χ4n) is 2.95. The maximum absolute atomic E-state index is 12.8. The van der Waals surface area contributed by atoms with Gasteiger partial charge in [-0.25, -0.2) is 4.98 Å². The molecule has 0 unspecified atom stereocenters. The standard InChI is InChI=1S/C21H21N3O6S/c1-5-30-19-10-16(24(26)27)14(9-18(19)29-4)20(25)23-21-22-15(11-31-21)13-8-12(2)6-7-17(13)28-3/h6-11H,5H2,1-4H3,(H,22,23,25). The van der Waals surface area contributed by atoms with Crippen LogP contribution in [0.1, 0.15) is 22.8 Å². The third kappa shape index (κ3) is 4.75. The largest absolute Gasteiger partial charge is 0.496 e. The van der Waals surface area contributed by atoms with Gasteiger partial charge in [0.05, 0.1) is 37.5 Å². The molecule has 10 heteroatoms. The number of thiazole rings is 1. The summed E-state index contributed by atoms with van der Waals surface area (Å²) in [4.78, 5) is 28.2. The van der Waals surface area contributed by atoms with Crippen LogP contribution in [0.3, 0.4) is 0 Å². The minimum absolute atomic E-state index is 0.157. The van der Waals surface area contributed by atoms with Gasteiger partial charge in [0.2, 0.25) is 0 Å². The van der Waals surface area contributed by atoms with Crippen LogP contribution in [0.25, 0.3) is 11.3 Å². The molecule has 9 nitrogen and oxygen atoms in total. The van der Waals surface area contributed by atoms with Crippen molar-refractivity contribution in [3.63, 3.8) is 0 Å². The lowest BCUT2D eigenvalue weighted by molar-refractivity contribution is -0.385. The van der Waals surface area contributed by atoms with Crippen LogP contribution in [-0.4, -0.2) is 36.6 Å². The number of benzene rings is 2. The minimum Gasteiger partial charge on any atom is -0.496 e. The summed E-state index contributed by atoms with van der Waals surface area (Å²) in [6.45, 7) is 4.00. The van der Waals surface area contributed by atoms with Crippen LogP contribution in [-0.2, 0) is 0 Å². The number of carbonyl (C=O) groups is 1. The van der Waals surface area contributed by atoms with Gasteiger partial charge in [-0.2, -0.15) is 0 Å². The molecule has 0 aliphatic heterocycles. The Bertz CT molecular complexity index is 1130. The first-order valence-electron chi connectivity index (χ1n) is 9.29. The van der Waals surface area contributed by atoms with Gasteiger partial charge in [0.25, 0.3) is 11.6 Å². The zero-order valence-corrected chi connectivity index (χ0v) is 18.2. The van der Waals surface area contributed by atoms with Crippen molar-refractivity contribution in [1.82, 2.24) is 4.98 Å². The van der Waals surface area contributed by atoms with Crippen LogP contribution >= 0.6 is 11.3 Å². The van der Waals surface area contributed by atoms with E-state index in [-0.39, 0.29) is 22.7 Å². The third-order valence-electron chi connectivity index (χ3n) is 4.38. The Labute approximate surface area is 182 Å². The minimum atomic E-state index is -0.676. The van der Waals surface area contributed by atoms with E-state index in [0.29, 0.717) is 23.2 Å². The van der Waals surface area contributed by atoms with Crippen molar-refractivity contribution in [1.29, 1.82) is 0 Å². The topological polar surface area (TPSA) is 113 Å². The Morgan fingerprint density at radius 2 is 1.90 bits per heavy atom. The molecule has 1 N–H and O–H groups in total. The molecule has 0 saturated heterocycles. The van der Waals surface area contributed by atoms with E-state index in [4.69, 9.17) is 14.2 Å². The molecule has 1 amide bonds. The SMILES string of the molecule is CCOc1cc([N+](=O)[O-])c(C(=O)Nc2nc(-c3cc(C)ccc3OC)cs2)cc1OC. The van der Waals surface area contributed by atoms with Gasteiger partial charge in [0.1, 0.15) is 11.3 Å². The average Bonchev–Trinajstić information content (AvgIpc) is 3.21. The van der Waals surface area contributed by atoms with E-state index in [9.17, 15) is 14.9 Å². The molecule has 0 aliphatic carbocycles. The summed E-state index contributed by atoms with van der Waals surface area (Å²) in [5, 5.41) is 16.2. The molecule has 0 fully saturated rings. The van der Waals surface area contributed by atoms with Crippen LogP contribution in [0.5, 0.6) is 17.2 Å². The van der Waals surface area contributed by atoms with Crippen LogP contribution in [0.15, 0.2) is 35.7 Å². The molecular formula is C21H21N3O6S. The fourth-order valence-corrected chi connectivity index (χ4v) is 3.66. The number of hydrogen-bond donors (Lipinski definition) is 1. The van der Waals surface area contributed by atoms with Crippen LogP contribution < -0.4 is 19.5 Å². The van der Waals surface area contributed by atoms with E-state index in [2.05, 4.69) is 10.3 Å². The first-order chi connectivity index (χ1) is 14.9. The predicted octanol–water partition coefficient (Wildman–Crippen LogP) is 4.69. The van der Waals surface area contributed by atoms with E-state index in [1.54, 1.807) is 19.4 Å². The molecule has 31 heavy (non-hydrogen) atoms. The van der Waals surface area contributed by atoms with Gasteiger partial charge in [-0.05, 0) is 26.0 Å². The lowest BCUT2D eigenvalue weighted by Gasteiger charge is -2.11. The number of aryl methyl sites for hydroxylation is 1. The first kappa shape index (κ1) is 22.0. The Balaban J connectivity index is 1.92. The molecule has 0 saturated carbocycles. The van der Waals surface area contributed by atoms with Gasteiger partial charge in [0, 0.05) is 17.0 Å². The van der Waals surface area contributed by atoms with Crippen LogP contribution in [0.4, 0.5) is 10.8 Å². The van der Waals surface area contributed by atoms with E-state index >= 15 is 0 Å². The number of nitro groups is 1. The van der Waals surface area contributed by atoms with Crippen molar-refractivity contribution in [3.05, 3.63) is 57.0 Å². The van der Waals surface area contributed by atoms with Crippen LogP contribution in [0, 0.1) is 17.0 Å². The van der Waals surface area contributed by atoms with Gasteiger partial charge in [-0.15, -0.1) is 11.3 Å². The molecule has 3 rings (SSSR count). The molecular weight excluding hydrogens is 422 g/mol. The Morgan fingerprint density at radius 1 is 1.16 bits per heavy atom. The van der Waals surface area contributed by atoms with E-state index in [1.165, 1.54) is 30.6 Å². The number of hydrogen-bond acceptors (Lipinski definition) is 8. The lowest BCUT2D eigenvalue weighted by Crippen LogP contribution is -2.14. The summed E-state index contributed by atoms with van der Waals surface area (Å²) in [5.41, 5.74) is 1.90. The second-order valence-corrected chi connectivity index (χ2v) is 7.26. The van der Waals surface area contributed by atoms with Gasteiger partial charge >= 0.3 is 0 Å². The Morgan fingerprint density at radius 3 is 2.55 bits per heavy atom. The Kier molecular flexibility index (Phi) is 6.71. The number of nitrogens with one attached hydrogen (secondary N) is 1. The normalized spacial score (nSPS) is 10.5. The highest BCUT2D eigenvalue weighted by molar-refractivity contribution is 7.14. The smallest absolute Gasteiger partial charge is 0.286 e. The second-order valence-electron chi connectivity index (χ2n) is 6.41. The third-order valence-corrected chi connectivity index (χ3v) is 5.14. The van der Waals surface area contributed by atoms with Crippen molar-refractivity contribution in [2.75, 3.05) is 26.1 Å². The van der Waals surface area contributed by atoms with Crippen molar-refractivity contribution in [2.45, 2.75) is 13.8 Å². The summed E-state index contributed by atoms with van der Waals surface area (Å²) in [5.74, 6) is 0.393. The maximum Gasteiger partial charge on any atom is 0.286 e. The molecule has 0 atom stereocenters. The number of rotatable bonds is 8. The molecule has 0 radical (unpaired) electrons. The highest BCUT2D eigenvalue weighted by Crippen LogP contribution is 2.36. The van der Waals surface area contributed by atoms with Crippen molar-refractivity contribution in [2.24, 2.45) is 0 Å². The van der Waals surface area contributed by atoms with E-state index in [0.717, 1.165) is 11.1 Å². The van der Waals surface area contributed by atoms with E-state index < -0.39 is 10.8 Å². The molecule has 1 heterocycles. The van der Waals surface area contributed by atoms with Gasteiger partial charge < -0.3 is 14.2 Å². The van der Waals surface area contributed by atoms with Crippen LogP contribution in [0.2, 0.25) is 0 Å². The number of nitrogens with zero attached hydrogens (tertiary/aromatic N) is 2. The fraction of sp³-hybridized carbons (Fsp3) is 0.238. The number of ether oxygens (including phenoxy) is 3. The quantitative estimate of drug-likeness (QED) is 0.397. The summed E-state index contributed by atoms with van der Waals surface area (Å²) < 4.78 is 16.0. The maximum atomic E-state index is 12.8. The predicted molar refractivity (Wildman–Crippen MR) is 118 cm³/mol. The van der Waals surface area contributed by atoms with E-state index in [1.807, 2.05) is 25.1 Å². The number of aromatic nitrogens is 1. The zero-order chi connectivity index (χ0) is 22.5. The van der Waals surface area contributed by atoms with Gasteiger partial charge in [-0.3, -0.25) is 20.2 Å². The summed E-state index contributed by atoms with van der Waals surface area (Å²) in [7, 11) is 2.97. The average molecular weight is 443 g/mol. The number of carbonyl (C=O) groups excluding carboxylic acids is 1. The number of nitro benzene ring substituents is 1. The molecule has 162 valence electrons. The molecule has 0 bridgehead atoms. The van der Waals surface area contributed by atoms with Gasteiger partial charge in [-0.1, -0.05) is 11.6 Å². The monoisotopic (exact) mass is 443 g/mol. The molecule has 0 spiro atoms. The van der Waals surface area contributed by atoms with Crippen molar-refractivity contribution in [3.8, 4) is 28.5 Å². The summed E-state index contributed by atoms with van der Waals surface area (Å²) >= 11 is 1.20. The van der Waals surface area contributed by atoms with Crippen molar-refractivity contribution >= 4 is 28.1 Å². The summed E-state index contributed by atoms with van der Waals surface area (Å²) in [6.07, 6.45) is 0. The number of anilines is 1. The van der Waals surface area contributed by atoms with Crippen molar-refractivity contribution < 1.29 is 23.9 Å². The molecule has 0 aliphatic rings. The number of methoxy groups -OCH3 is 2. The molecule has 3 aromatic rings. The summed E-state index contributed by atoms with van der Waals surface area (Å²) in [6, 6.07) is 8.17. The lowest BCUT2D eigenvalue weighted by atomic mass is 10.1. The number of amides is 1. The first-order valence-corrected chi connectivity index (χ1v) is 10.2. The highest BCUT2D eigenvalue weighted by atomic mass is 32.1. The zero-order valence-electron chi connectivity index (χ0n) is 17.4. The molecule has 1 aromatic heterocycles. The Hall–Kier alpha value is -3.66. The second kappa shape index (κ2) is 9.43.